The third-order valence-corrected chi connectivity index (χ3v) is 0. The van der Waals surface area contributed by atoms with Gasteiger partial charge in [0.15, 0.2) is 0 Å². The second kappa shape index (κ2) is 18.6. The van der Waals surface area contributed by atoms with Crippen LogP contribution >= 0.6 is 0 Å². The van der Waals surface area contributed by atoms with Crippen molar-refractivity contribution in [1.29, 1.82) is 0 Å². The molecule has 0 nitrogen and oxygen atoms in total. The molecule has 0 bridgehead atoms. The number of hydrogen-bond acceptors (Lipinski definition) is 0. The Morgan fingerprint density at radius 3 is 0.750 bits per heavy atom. The van der Waals surface area contributed by atoms with Gasteiger partial charge >= 0.3 is 37.1 Å². The van der Waals surface area contributed by atoms with Crippen LogP contribution in [0.2, 0.25) is 0 Å². The molecule has 0 aromatic carbocycles. The molecule has 16 valence electrons. The fourth-order valence-electron chi connectivity index (χ4n) is 0. The molecule has 0 saturated heterocycles. The summed E-state index contributed by atoms with van der Waals surface area (Å²) in [4.78, 5) is 0. The zero-order chi connectivity index (χ0) is 0. The van der Waals surface area contributed by atoms with E-state index in [2.05, 4.69) is 0 Å². The monoisotopic (exact) mass is 288 g/mol. The summed E-state index contributed by atoms with van der Waals surface area (Å²) < 4.78 is 0. The second-order valence-electron chi connectivity index (χ2n) is 0. The predicted molar refractivity (Wildman–Crippen MR) is 17.3 cm³/mol. The molecule has 0 aromatic heterocycles. The van der Waals surface area contributed by atoms with Crippen molar-refractivity contribution in [3.63, 3.8) is 0 Å². The zero-order valence-electron chi connectivity index (χ0n) is 2.10. The molecule has 0 aliphatic carbocycles. The Morgan fingerprint density at radius 1 is 0.750 bits per heavy atom. The van der Waals surface area contributed by atoms with Crippen molar-refractivity contribution in [3.05, 3.63) is 0 Å². The van der Waals surface area contributed by atoms with Crippen LogP contribution in [0, 0.1) is 0 Å². The van der Waals surface area contributed by atoms with Crippen LogP contribution in [-0.4, -0.2) is 53.5 Å². The summed E-state index contributed by atoms with van der Waals surface area (Å²) in [5.74, 6) is 0. The van der Waals surface area contributed by atoms with E-state index in [-0.39, 0.29) is 73.0 Å². The van der Waals surface area contributed by atoms with Gasteiger partial charge in [-0.15, -0.1) is 0 Å². The Morgan fingerprint density at radius 2 is 0.750 bits per heavy atom. The summed E-state index contributed by atoms with van der Waals surface area (Å²) >= 11 is 0. The molecule has 0 fully saturated rings. The van der Waals surface area contributed by atoms with Gasteiger partial charge in [-0.2, -0.15) is 0 Å². The largest absolute Gasteiger partial charge is 4.00 e. The van der Waals surface area contributed by atoms with E-state index >= 15 is 0 Å². The first kappa shape index (κ1) is 33.6. The van der Waals surface area contributed by atoms with E-state index < -0.39 is 0 Å². The van der Waals surface area contributed by atoms with Crippen molar-refractivity contribution < 1.29 is 19.5 Å². The van der Waals surface area contributed by atoms with Gasteiger partial charge in [0.05, 0.1) is 0 Å². The minimum absolute atomic E-state index is 0. The summed E-state index contributed by atoms with van der Waals surface area (Å²) in [7, 11) is 0. The Kier molecular flexibility index (Phi) is 156. The maximum Gasteiger partial charge on any atom is 4.00 e. The van der Waals surface area contributed by atoms with Gasteiger partial charge in [0.2, 0.25) is 0 Å². The Labute approximate surface area is 72.2 Å². The quantitative estimate of drug-likeness (QED) is 0.494. The molecule has 4 heteroatoms. The van der Waals surface area contributed by atoms with Gasteiger partial charge in [-0.1, -0.05) is 0 Å². The summed E-state index contributed by atoms with van der Waals surface area (Å²) in [6, 6.07) is 0. The first-order chi connectivity index (χ1) is 0. The average Bonchev–Trinajstić information content (AvgIpc) is 0. The first-order valence-electron chi connectivity index (χ1n) is 0. The van der Waals surface area contributed by atoms with E-state index in [4.69, 9.17) is 0 Å². The SMILES string of the molecule is [As-3].[As-3].[Ge+4].[Zn+2]. The fourth-order valence-corrected chi connectivity index (χ4v) is 0. The van der Waals surface area contributed by atoms with Gasteiger partial charge in [0.1, 0.15) is 0 Å². The number of hydrogen-bond donors (Lipinski definition) is 0. The normalized spacial score (nSPS) is 0. The van der Waals surface area contributed by atoms with Crippen LogP contribution in [0.15, 0.2) is 0 Å². The molecule has 0 atom stereocenters. The van der Waals surface area contributed by atoms with Crippen LogP contribution in [0.3, 0.4) is 0 Å². The van der Waals surface area contributed by atoms with Crippen molar-refractivity contribution >= 4 is 53.5 Å². The summed E-state index contributed by atoms with van der Waals surface area (Å²) in [6.07, 6.45) is 0. The van der Waals surface area contributed by atoms with E-state index in [9.17, 15) is 0 Å². The van der Waals surface area contributed by atoms with Gasteiger partial charge in [0, 0.05) is 0 Å². The minimum atomic E-state index is 0. The third kappa shape index (κ3) is 8.86. The van der Waals surface area contributed by atoms with Gasteiger partial charge in [-0.05, 0) is 0 Å². The Bertz CT molecular complexity index is 6.00. The molecule has 4 heavy (non-hydrogen) atoms. The van der Waals surface area contributed by atoms with Crippen molar-refractivity contribution in [2.45, 2.75) is 0 Å². The minimum Gasteiger partial charge on any atom is -3.00 e. The first-order valence-corrected chi connectivity index (χ1v) is 0. The molecule has 0 radical (unpaired) electrons. The Hall–Kier alpha value is 2.28. The van der Waals surface area contributed by atoms with E-state index in [1.165, 1.54) is 0 Å². The summed E-state index contributed by atoms with van der Waals surface area (Å²) in [5, 5.41) is 0. The van der Waals surface area contributed by atoms with Crippen LogP contribution < -0.4 is 0 Å². The molecule has 0 heterocycles. The molecule has 0 rings (SSSR count). The molecule has 0 unspecified atom stereocenters. The van der Waals surface area contributed by atoms with Crippen LogP contribution in [0.1, 0.15) is 0 Å². The predicted octanol–water partition coefficient (Wildman–Crippen LogP) is -1.14. The molecule has 0 amide bonds. The average molecular weight is 288 g/mol. The van der Waals surface area contributed by atoms with Gasteiger partial charge in [-0.25, -0.2) is 0 Å². The van der Waals surface area contributed by atoms with Crippen molar-refractivity contribution in [2.24, 2.45) is 0 Å². The van der Waals surface area contributed by atoms with Gasteiger partial charge < -0.3 is 35.9 Å². The standard InChI is InChI=1S/2As.Ge.Zn/q2*-3;+4;+2. The molecule has 0 saturated carbocycles. The maximum absolute atomic E-state index is 0. The van der Waals surface area contributed by atoms with Crippen LogP contribution in [0.25, 0.3) is 0 Å². The fraction of sp³-hybridized carbons (Fsp3) is 0. The van der Waals surface area contributed by atoms with Gasteiger partial charge in [0.25, 0.3) is 0 Å². The molecular formula is As2GeZn. The van der Waals surface area contributed by atoms with E-state index in [0.717, 1.165) is 0 Å². The zero-order valence-corrected chi connectivity index (χ0v) is 10.9. The van der Waals surface area contributed by atoms with E-state index in [1.54, 1.807) is 0 Å². The molecule has 0 N–H and O–H groups in total. The van der Waals surface area contributed by atoms with Crippen molar-refractivity contribution in [1.82, 2.24) is 0 Å². The smallest absolute Gasteiger partial charge is 3.00 e. The third-order valence-electron chi connectivity index (χ3n) is 0. The van der Waals surface area contributed by atoms with E-state index in [1.807, 2.05) is 0 Å². The van der Waals surface area contributed by atoms with Crippen molar-refractivity contribution in [2.75, 3.05) is 0 Å². The van der Waals surface area contributed by atoms with E-state index in [0.29, 0.717) is 0 Å². The van der Waals surface area contributed by atoms with Crippen LogP contribution in [-0.2, 0) is 19.5 Å². The molecule has 0 aliphatic heterocycles. The van der Waals surface area contributed by atoms with Crippen molar-refractivity contribution in [3.8, 4) is 0 Å². The second-order valence-corrected chi connectivity index (χ2v) is 0. The van der Waals surface area contributed by atoms with Crippen LogP contribution in [0.4, 0.5) is 0 Å². The molecule has 0 spiro atoms. The Balaban J connectivity index is 0. The van der Waals surface area contributed by atoms with Crippen LogP contribution in [0.5, 0.6) is 0 Å². The molecule has 0 aromatic rings. The number of rotatable bonds is 0. The molecular weight excluding hydrogens is 288 g/mol. The summed E-state index contributed by atoms with van der Waals surface area (Å²) in [6.45, 7) is 0. The summed E-state index contributed by atoms with van der Waals surface area (Å²) in [5.41, 5.74) is 0. The topological polar surface area (TPSA) is 0 Å². The van der Waals surface area contributed by atoms with Gasteiger partial charge in [-0.3, -0.25) is 0 Å². The molecule has 0 aliphatic rings. The maximum atomic E-state index is 0.